The van der Waals surface area contributed by atoms with Gasteiger partial charge in [0.1, 0.15) is 17.9 Å². The largest absolute Gasteiger partial charge is 0.489 e. The van der Waals surface area contributed by atoms with Crippen molar-refractivity contribution in [1.82, 2.24) is 4.98 Å². The van der Waals surface area contributed by atoms with Crippen LogP contribution in [0, 0.1) is 0 Å². The van der Waals surface area contributed by atoms with Crippen molar-refractivity contribution < 1.29 is 9.84 Å². The number of fused-ring (bicyclic) bond motifs is 1. The summed E-state index contributed by atoms with van der Waals surface area (Å²) in [7, 11) is 0. The third-order valence-electron chi connectivity index (χ3n) is 1.94. The summed E-state index contributed by atoms with van der Waals surface area (Å²) in [5.41, 5.74) is 0.837. The van der Waals surface area contributed by atoms with Crippen LogP contribution in [0.4, 0.5) is 0 Å². The van der Waals surface area contributed by atoms with E-state index in [2.05, 4.69) is 4.98 Å². The van der Waals surface area contributed by atoms with Crippen molar-refractivity contribution in [3.63, 3.8) is 0 Å². The molecule has 80 valence electrons. The Balaban J connectivity index is 0.00000112. The lowest BCUT2D eigenvalue weighted by molar-refractivity contribution is 0.202. The predicted molar refractivity (Wildman–Crippen MR) is 61.6 cm³/mol. The maximum atomic E-state index is 8.65. The van der Waals surface area contributed by atoms with Gasteiger partial charge in [-0.2, -0.15) is 0 Å². The van der Waals surface area contributed by atoms with Gasteiger partial charge >= 0.3 is 0 Å². The van der Waals surface area contributed by atoms with Crippen LogP contribution in [0.2, 0.25) is 0 Å². The van der Waals surface area contributed by atoms with E-state index in [1.165, 1.54) is 0 Å². The van der Waals surface area contributed by atoms with Crippen LogP contribution in [0.1, 0.15) is 0 Å². The molecule has 4 heteroatoms. The Morgan fingerprint density at radius 3 is 2.80 bits per heavy atom. The second-order valence-electron chi connectivity index (χ2n) is 2.90. The van der Waals surface area contributed by atoms with Gasteiger partial charge in [0.25, 0.3) is 0 Å². The minimum absolute atomic E-state index is 0. The fraction of sp³-hybridized carbons (Fsp3) is 0.182. The van der Waals surface area contributed by atoms with Gasteiger partial charge in [-0.3, -0.25) is 4.98 Å². The number of ether oxygens (including phenoxy) is 1. The van der Waals surface area contributed by atoms with Gasteiger partial charge in [0.05, 0.1) is 6.61 Å². The topological polar surface area (TPSA) is 42.4 Å². The van der Waals surface area contributed by atoms with E-state index in [4.69, 9.17) is 9.84 Å². The van der Waals surface area contributed by atoms with Crippen LogP contribution in [0.3, 0.4) is 0 Å². The van der Waals surface area contributed by atoms with E-state index in [9.17, 15) is 0 Å². The highest BCUT2D eigenvalue weighted by Crippen LogP contribution is 2.22. The van der Waals surface area contributed by atoms with E-state index < -0.39 is 0 Å². The average Bonchev–Trinajstić information content (AvgIpc) is 2.26. The highest BCUT2D eigenvalue weighted by atomic mass is 35.5. The van der Waals surface area contributed by atoms with Crippen molar-refractivity contribution in [1.29, 1.82) is 0 Å². The molecule has 15 heavy (non-hydrogen) atoms. The van der Waals surface area contributed by atoms with Gasteiger partial charge in [-0.15, -0.1) is 12.4 Å². The van der Waals surface area contributed by atoms with Crippen LogP contribution < -0.4 is 4.74 Å². The van der Waals surface area contributed by atoms with Gasteiger partial charge in [-0.1, -0.05) is 18.2 Å². The van der Waals surface area contributed by atoms with E-state index in [0.29, 0.717) is 6.61 Å². The second kappa shape index (κ2) is 5.53. The van der Waals surface area contributed by atoms with E-state index >= 15 is 0 Å². The molecule has 3 nitrogen and oxygen atoms in total. The Bertz CT molecular complexity index is 428. The molecule has 0 fully saturated rings. The van der Waals surface area contributed by atoms with Crippen LogP contribution in [0.25, 0.3) is 10.9 Å². The van der Waals surface area contributed by atoms with Gasteiger partial charge in [0.15, 0.2) is 0 Å². The maximum Gasteiger partial charge on any atom is 0.145 e. The van der Waals surface area contributed by atoms with Crippen molar-refractivity contribution in [2.75, 3.05) is 13.2 Å². The Morgan fingerprint density at radius 2 is 2.00 bits per heavy atom. The molecule has 0 unspecified atom stereocenters. The monoisotopic (exact) mass is 225 g/mol. The molecule has 0 aliphatic heterocycles. The molecule has 2 rings (SSSR count). The standard InChI is InChI=1S/C11H11NO2.ClH/c13-7-8-14-10-5-1-3-9-4-2-6-12-11(9)10;/h1-6,13H,7-8H2;1H. The lowest BCUT2D eigenvalue weighted by Gasteiger charge is -2.06. The summed E-state index contributed by atoms with van der Waals surface area (Å²) in [5.74, 6) is 0.720. The Hall–Kier alpha value is -1.32. The number of aromatic nitrogens is 1. The first-order valence-electron chi connectivity index (χ1n) is 4.49. The molecule has 1 N–H and O–H groups in total. The first kappa shape index (κ1) is 11.8. The summed E-state index contributed by atoms with van der Waals surface area (Å²) in [6, 6.07) is 9.61. The predicted octanol–water partition coefficient (Wildman–Crippen LogP) is 2.03. The Morgan fingerprint density at radius 1 is 1.20 bits per heavy atom. The number of para-hydroxylation sites is 1. The van der Waals surface area contributed by atoms with Gasteiger partial charge in [-0.25, -0.2) is 0 Å². The van der Waals surface area contributed by atoms with E-state index in [-0.39, 0.29) is 19.0 Å². The highest BCUT2D eigenvalue weighted by Gasteiger charge is 2.01. The van der Waals surface area contributed by atoms with Crippen molar-refractivity contribution in [3.05, 3.63) is 36.5 Å². The number of aliphatic hydroxyl groups is 1. The third-order valence-corrected chi connectivity index (χ3v) is 1.94. The minimum Gasteiger partial charge on any atom is -0.489 e. The molecule has 1 aromatic carbocycles. The SMILES string of the molecule is Cl.OCCOc1cccc2cccnc12. The van der Waals surface area contributed by atoms with Crippen molar-refractivity contribution >= 4 is 23.3 Å². The molecule has 0 saturated heterocycles. The van der Waals surface area contributed by atoms with Crippen molar-refractivity contribution in [3.8, 4) is 5.75 Å². The number of rotatable bonds is 3. The second-order valence-corrected chi connectivity index (χ2v) is 2.90. The van der Waals surface area contributed by atoms with Gasteiger partial charge in [-0.05, 0) is 12.1 Å². The van der Waals surface area contributed by atoms with E-state index in [0.717, 1.165) is 16.7 Å². The maximum absolute atomic E-state index is 8.65. The zero-order valence-electron chi connectivity index (χ0n) is 8.09. The quantitative estimate of drug-likeness (QED) is 0.869. The van der Waals surface area contributed by atoms with Gasteiger partial charge in [0, 0.05) is 11.6 Å². The summed E-state index contributed by atoms with van der Waals surface area (Å²) < 4.78 is 5.36. The van der Waals surface area contributed by atoms with Crippen LogP contribution >= 0.6 is 12.4 Å². The number of pyridine rings is 1. The molecule has 0 atom stereocenters. The summed E-state index contributed by atoms with van der Waals surface area (Å²) in [5, 5.41) is 9.70. The molecule has 0 radical (unpaired) electrons. The van der Waals surface area contributed by atoms with Crippen LogP contribution in [0.15, 0.2) is 36.5 Å². The number of hydrogen-bond donors (Lipinski definition) is 1. The van der Waals surface area contributed by atoms with Gasteiger partial charge < -0.3 is 9.84 Å². The fourth-order valence-corrected chi connectivity index (χ4v) is 1.35. The van der Waals surface area contributed by atoms with E-state index in [1.807, 2.05) is 30.3 Å². The third kappa shape index (κ3) is 2.58. The Kier molecular flexibility index (Phi) is 4.34. The number of benzene rings is 1. The normalized spacial score (nSPS) is 9.67. The highest BCUT2D eigenvalue weighted by molar-refractivity contribution is 5.85. The molecular formula is C11H12ClNO2. The molecule has 1 heterocycles. The summed E-state index contributed by atoms with van der Waals surface area (Å²) in [4.78, 5) is 4.23. The van der Waals surface area contributed by atoms with Crippen LogP contribution in [0.5, 0.6) is 5.75 Å². The first-order valence-corrected chi connectivity index (χ1v) is 4.49. The van der Waals surface area contributed by atoms with Crippen molar-refractivity contribution in [2.24, 2.45) is 0 Å². The molecule has 0 saturated carbocycles. The number of aliphatic hydroxyl groups excluding tert-OH is 1. The summed E-state index contributed by atoms with van der Waals surface area (Å²) >= 11 is 0. The summed E-state index contributed by atoms with van der Waals surface area (Å²) in [6.07, 6.45) is 1.73. The number of halogens is 1. The zero-order chi connectivity index (χ0) is 9.80. The van der Waals surface area contributed by atoms with Crippen molar-refractivity contribution in [2.45, 2.75) is 0 Å². The number of nitrogens with zero attached hydrogens (tertiary/aromatic N) is 1. The molecule has 0 aliphatic carbocycles. The van der Waals surface area contributed by atoms with E-state index in [1.54, 1.807) is 6.20 Å². The average molecular weight is 226 g/mol. The lowest BCUT2D eigenvalue weighted by atomic mass is 10.2. The summed E-state index contributed by atoms with van der Waals surface area (Å²) in [6.45, 7) is 0.318. The first-order chi connectivity index (χ1) is 6.92. The molecule has 0 amide bonds. The smallest absolute Gasteiger partial charge is 0.145 e. The van der Waals surface area contributed by atoms with Gasteiger partial charge in [0.2, 0.25) is 0 Å². The fourth-order valence-electron chi connectivity index (χ4n) is 1.35. The molecule has 1 aromatic heterocycles. The molecule has 0 spiro atoms. The molecular weight excluding hydrogens is 214 g/mol. The molecule has 2 aromatic rings. The molecule has 0 aliphatic rings. The zero-order valence-corrected chi connectivity index (χ0v) is 8.91. The lowest BCUT2D eigenvalue weighted by Crippen LogP contribution is -2.02. The Labute approximate surface area is 94.1 Å². The number of hydrogen-bond acceptors (Lipinski definition) is 3. The molecule has 0 bridgehead atoms. The van der Waals surface area contributed by atoms with Crippen LogP contribution in [-0.4, -0.2) is 23.3 Å². The minimum atomic E-state index is 0. The van der Waals surface area contributed by atoms with Crippen LogP contribution in [-0.2, 0) is 0 Å².